The van der Waals surface area contributed by atoms with Crippen molar-refractivity contribution in [3.05, 3.63) is 22.8 Å². The van der Waals surface area contributed by atoms with Crippen LogP contribution in [0.3, 0.4) is 0 Å². The van der Waals surface area contributed by atoms with Crippen LogP contribution in [0.1, 0.15) is 12.1 Å². The fourth-order valence-corrected chi connectivity index (χ4v) is 1.45. The molecule has 0 aliphatic carbocycles. The number of nitrogens with two attached hydrogens (primary N) is 1. The predicted octanol–water partition coefficient (Wildman–Crippen LogP) is 1.63. The summed E-state index contributed by atoms with van der Waals surface area (Å²) in [6.45, 7) is 2.70. The molecule has 0 saturated heterocycles. The highest BCUT2D eigenvalue weighted by molar-refractivity contribution is 6.31. The third kappa shape index (κ3) is 5.64. The average Bonchev–Trinajstić information content (AvgIpc) is 2.39. The zero-order chi connectivity index (χ0) is 13.2. The van der Waals surface area contributed by atoms with Crippen LogP contribution in [0.2, 0.25) is 5.02 Å². The lowest BCUT2D eigenvalue weighted by atomic mass is 10.3. The number of pyridine rings is 1. The first-order chi connectivity index (χ1) is 8.77. The molecule has 0 amide bonds. The number of halogens is 1. The van der Waals surface area contributed by atoms with Gasteiger partial charge in [0.25, 0.3) is 0 Å². The van der Waals surface area contributed by atoms with Crippen LogP contribution < -0.4 is 10.5 Å². The topological polar surface area (TPSA) is 66.6 Å². The van der Waals surface area contributed by atoms with Crippen LogP contribution in [-0.2, 0) is 16.0 Å². The molecule has 2 N–H and O–H groups in total. The zero-order valence-corrected chi connectivity index (χ0v) is 11.3. The minimum Gasteiger partial charge on any atom is -0.478 e. The van der Waals surface area contributed by atoms with E-state index in [0.29, 0.717) is 49.6 Å². The average molecular weight is 275 g/mol. The van der Waals surface area contributed by atoms with Gasteiger partial charge in [-0.05, 0) is 6.07 Å². The van der Waals surface area contributed by atoms with E-state index in [2.05, 4.69) is 4.98 Å². The van der Waals surface area contributed by atoms with Crippen LogP contribution in [-0.4, -0.2) is 38.5 Å². The summed E-state index contributed by atoms with van der Waals surface area (Å²) in [5.74, 6) is 0.539. The number of ether oxygens (including phenoxy) is 3. The molecule has 0 saturated carbocycles. The van der Waals surface area contributed by atoms with Crippen LogP contribution in [0.5, 0.6) is 5.88 Å². The molecule has 1 aromatic heterocycles. The molecule has 0 aromatic carbocycles. The molecule has 0 bridgehead atoms. The van der Waals surface area contributed by atoms with E-state index >= 15 is 0 Å². The molecule has 0 aliphatic rings. The third-order valence-electron chi connectivity index (χ3n) is 2.20. The van der Waals surface area contributed by atoms with E-state index in [9.17, 15) is 0 Å². The summed E-state index contributed by atoms with van der Waals surface area (Å²) >= 11 is 5.90. The molecule has 0 atom stereocenters. The number of methoxy groups -OCH3 is 1. The molecule has 102 valence electrons. The van der Waals surface area contributed by atoms with Gasteiger partial charge in [-0.25, -0.2) is 4.98 Å². The summed E-state index contributed by atoms with van der Waals surface area (Å²) in [7, 11) is 1.65. The second-order valence-electron chi connectivity index (χ2n) is 3.59. The van der Waals surface area contributed by atoms with Gasteiger partial charge in [-0.2, -0.15) is 0 Å². The number of aromatic nitrogens is 1. The molecule has 5 nitrogen and oxygen atoms in total. The van der Waals surface area contributed by atoms with Crippen LogP contribution in [0.15, 0.2) is 12.1 Å². The molecule has 1 aromatic rings. The summed E-state index contributed by atoms with van der Waals surface area (Å²) < 4.78 is 15.6. The summed E-state index contributed by atoms with van der Waals surface area (Å²) in [6.07, 6.45) is 0.798. The fourth-order valence-electron chi connectivity index (χ4n) is 1.27. The normalized spacial score (nSPS) is 10.6. The van der Waals surface area contributed by atoms with E-state index in [-0.39, 0.29) is 0 Å². The van der Waals surface area contributed by atoms with E-state index in [1.165, 1.54) is 0 Å². The third-order valence-corrected chi connectivity index (χ3v) is 2.55. The Morgan fingerprint density at radius 2 is 2.06 bits per heavy atom. The monoisotopic (exact) mass is 274 g/mol. The second-order valence-corrected chi connectivity index (χ2v) is 4.00. The van der Waals surface area contributed by atoms with E-state index in [1.54, 1.807) is 19.2 Å². The van der Waals surface area contributed by atoms with Gasteiger partial charge in [0, 0.05) is 32.7 Å². The Kier molecular flexibility index (Phi) is 7.68. The largest absolute Gasteiger partial charge is 0.478 e. The molecule has 1 rings (SSSR count). The lowest BCUT2D eigenvalue weighted by molar-refractivity contribution is 0.0642. The Morgan fingerprint density at radius 1 is 1.22 bits per heavy atom. The minimum atomic E-state index is 0.302. The van der Waals surface area contributed by atoms with Crippen molar-refractivity contribution in [2.75, 3.05) is 33.5 Å². The van der Waals surface area contributed by atoms with Gasteiger partial charge in [-0.3, -0.25) is 0 Å². The van der Waals surface area contributed by atoms with E-state index < -0.39 is 0 Å². The first-order valence-corrected chi connectivity index (χ1v) is 6.20. The maximum Gasteiger partial charge on any atom is 0.213 e. The van der Waals surface area contributed by atoms with Gasteiger partial charge < -0.3 is 19.9 Å². The Balaban J connectivity index is 2.19. The molecular formula is C12H19ClN2O3. The molecule has 0 spiro atoms. The van der Waals surface area contributed by atoms with Crippen molar-refractivity contribution in [3.8, 4) is 5.88 Å². The maximum atomic E-state index is 5.90. The van der Waals surface area contributed by atoms with Gasteiger partial charge in [-0.1, -0.05) is 11.6 Å². The fraction of sp³-hybridized carbons (Fsp3) is 0.583. The summed E-state index contributed by atoms with van der Waals surface area (Å²) in [5.41, 5.74) is 6.15. The molecule has 1 heterocycles. The Hall–Kier alpha value is -0.880. The molecular weight excluding hydrogens is 256 g/mol. The molecule has 6 heteroatoms. The number of hydrogen-bond acceptors (Lipinski definition) is 5. The van der Waals surface area contributed by atoms with Crippen molar-refractivity contribution in [2.45, 2.75) is 13.0 Å². The zero-order valence-electron chi connectivity index (χ0n) is 10.5. The van der Waals surface area contributed by atoms with Crippen LogP contribution in [0.25, 0.3) is 0 Å². The first-order valence-electron chi connectivity index (χ1n) is 5.83. The van der Waals surface area contributed by atoms with Crippen molar-refractivity contribution in [1.82, 2.24) is 4.98 Å². The van der Waals surface area contributed by atoms with Gasteiger partial charge in [0.05, 0.1) is 30.5 Å². The van der Waals surface area contributed by atoms with Crippen molar-refractivity contribution in [3.63, 3.8) is 0 Å². The SMILES string of the molecule is COCCOCCCOc1ccc(Cl)c(CN)n1. The predicted molar refractivity (Wildman–Crippen MR) is 69.9 cm³/mol. The van der Waals surface area contributed by atoms with Gasteiger partial charge in [0.1, 0.15) is 0 Å². The minimum absolute atomic E-state index is 0.302. The second kappa shape index (κ2) is 9.10. The molecule has 18 heavy (non-hydrogen) atoms. The lowest BCUT2D eigenvalue weighted by Crippen LogP contribution is -2.08. The highest BCUT2D eigenvalue weighted by Gasteiger charge is 2.02. The van der Waals surface area contributed by atoms with Crippen LogP contribution >= 0.6 is 11.6 Å². The van der Waals surface area contributed by atoms with E-state index in [4.69, 9.17) is 31.5 Å². The number of nitrogens with zero attached hydrogens (tertiary/aromatic N) is 1. The lowest BCUT2D eigenvalue weighted by Gasteiger charge is -2.08. The summed E-state index contributed by atoms with van der Waals surface area (Å²) in [5, 5.41) is 0.563. The number of hydrogen-bond donors (Lipinski definition) is 1. The van der Waals surface area contributed by atoms with Crippen molar-refractivity contribution >= 4 is 11.6 Å². The Labute approximate surface area is 112 Å². The Bertz CT molecular complexity index is 350. The van der Waals surface area contributed by atoms with Crippen LogP contribution in [0.4, 0.5) is 0 Å². The quantitative estimate of drug-likeness (QED) is 0.693. The Morgan fingerprint density at radius 3 is 2.78 bits per heavy atom. The van der Waals surface area contributed by atoms with Crippen molar-refractivity contribution in [1.29, 1.82) is 0 Å². The van der Waals surface area contributed by atoms with Gasteiger partial charge >= 0.3 is 0 Å². The highest BCUT2D eigenvalue weighted by atomic mass is 35.5. The van der Waals surface area contributed by atoms with Gasteiger partial charge in [0.2, 0.25) is 5.88 Å². The van der Waals surface area contributed by atoms with Gasteiger partial charge in [0.15, 0.2) is 0 Å². The molecule has 0 unspecified atom stereocenters. The smallest absolute Gasteiger partial charge is 0.213 e. The highest BCUT2D eigenvalue weighted by Crippen LogP contribution is 2.17. The van der Waals surface area contributed by atoms with Crippen LogP contribution in [0, 0.1) is 0 Å². The van der Waals surface area contributed by atoms with Crippen molar-refractivity contribution < 1.29 is 14.2 Å². The number of rotatable bonds is 9. The standard InChI is InChI=1S/C12H19ClN2O3/c1-16-7-8-17-5-2-6-18-12-4-3-10(13)11(9-14)15-12/h3-4H,2,5-9,14H2,1H3. The first kappa shape index (κ1) is 15.2. The van der Waals surface area contributed by atoms with Gasteiger partial charge in [-0.15, -0.1) is 0 Å². The summed E-state index contributed by atoms with van der Waals surface area (Å²) in [6, 6.07) is 3.47. The maximum absolute atomic E-state index is 5.90. The summed E-state index contributed by atoms with van der Waals surface area (Å²) in [4.78, 5) is 4.20. The van der Waals surface area contributed by atoms with E-state index in [1.807, 2.05) is 0 Å². The molecule has 0 radical (unpaired) electrons. The molecule has 0 aliphatic heterocycles. The molecule has 0 fully saturated rings. The van der Waals surface area contributed by atoms with Crippen molar-refractivity contribution in [2.24, 2.45) is 5.73 Å². The van der Waals surface area contributed by atoms with E-state index in [0.717, 1.165) is 6.42 Å².